The zero-order valence-corrected chi connectivity index (χ0v) is 33.7. The molecule has 56 heavy (non-hydrogen) atoms. The first-order chi connectivity index (χ1) is 27.1. The lowest BCUT2D eigenvalue weighted by Gasteiger charge is -2.36. The van der Waals surface area contributed by atoms with E-state index in [4.69, 9.17) is 9.47 Å². The SMILES string of the molecule is CC(C)c1nc(C(=O)N[C@H]2CC[C@H](NC(=O)c3cc(F)cnc3Oc3cccc(-c4ccc(CN5C[C@@H](C)N[C@@H](C)C5)cc4CN4CCOCC4)c3)CC2)cs1. The number of pyridine rings is 1. The molecule has 1 saturated carbocycles. The largest absolute Gasteiger partial charge is 0.438 e. The highest BCUT2D eigenvalue weighted by molar-refractivity contribution is 7.09. The third kappa shape index (κ3) is 10.4. The molecule has 2 aromatic heterocycles. The van der Waals surface area contributed by atoms with Gasteiger partial charge in [0.05, 0.1) is 24.4 Å². The number of amides is 2. The van der Waals surface area contributed by atoms with Gasteiger partial charge in [-0.15, -0.1) is 11.3 Å². The average molecular weight is 784 g/mol. The maximum absolute atomic E-state index is 14.6. The minimum atomic E-state index is -0.622. The number of nitrogens with one attached hydrogen (secondary N) is 3. The van der Waals surface area contributed by atoms with E-state index in [9.17, 15) is 14.0 Å². The smallest absolute Gasteiger partial charge is 0.270 e. The standard InChI is InChI=1S/C43H54FN7O4S/c1-27(2)43-49-39(26-56-43)41(53)48-35-11-9-34(10-12-35)47-40(52)38-20-33(44)21-45-42(38)55-36-7-5-6-31(19-36)37-13-8-30(24-51-22-28(3)46-29(4)23-51)18-32(37)25-50-14-16-54-17-15-50/h5-8,13,18-21,26-29,34-35,46H,9-12,14-17,22-25H2,1-4H3,(H,47,52)(H,48,53)/t28-,29+,34-,35-. The van der Waals surface area contributed by atoms with Crippen LogP contribution in [0.15, 0.2) is 60.1 Å². The number of morpholine rings is 1. The molecule has 2 aliphatic heterocycles. The van der Waals surface area contributed by atoms with Crippen LogP contribution >= 0.6 is 11.3 Å². The maximum Gasteiger partial charge on any atom is 0.270 e. The van der Waals surface area contributed by atoms with Crippen LogP contribution in [0, 0.1) is 5.82 Å². The lowest BCUT2D eigenvalue weighted by Crippen LogP contribution is -2.53. The quantitative estimate of drug-likeness (QED) is 0.144. The number of hydrogen-bond donors (Lipinski definition) is 3. The number of nitrogens with zero attached hydrogens (tertiary/aromatic N) is 4. The molecule has 7 rings (SSSR count). The average Bonchev–Trinajstić information content (AvgIpc) is 3.68. The van der Waals surface area contributed by atoms with Crippen molar-refractivity contribution in [1.82, 2.24) is 35.7 Å². The normalized spacial score (nSPS) is 22.2. The Morgan fingerprint density at radius 3 is 2.36 bits per heavy atom. The Kier molecular flexibility index (Phi) is 13.1. The number of benzene rings is 2. The predicted octanol–water partition coefficient (Wildman–Crippen LogP) is 6.75. The first kappa shape index (κ1) is 39.9. The number of hydrogen-bond acceptors (Lipinski definition) is 10. The van der Waals surface area contributed by atoms with Crippen LogP contribution in [0.3, 0.4) is 0 Å². The van der Waals surface area contributed by atoms with Crippen LogP contribution in [-0.2, 0) is 17.8 Å². The number of carbonyl (C=O) groups is 2. The van der Waals surface area contributed by atoms with Crippen molar-refractivity contribution in [2.45, 2.75) is 96.6 Å². The van der Waals surface area contributed by atoms with Crippen molar-refractivity contribution in [1.29, 1.82) is 0 Å². The molecule has 3 N–H and O–H groups in total. The van der Waals surface area contributed by atoms with E-state index in [1.165, 1.54) is 28.5 Å². The molecule has 3 aliphatic rings. The fourth-order valence-corrected chi connectivity index (χ4v) is 8.87. The first-order valence-electron chi connectivity index (χ1n) is 20.0. The van der Waals surface area contributed by atoms with Gasteiger partial charge in [-0.25, -0.2) is 14.4 Å². The Labute approximate surface area is 333 Å². The molecule has 2 atom stereocenters. The van der Waals surface area contributed by atoms with Gasteiger partial charge in [0.2, 0.25) is 5.88 Å². The van der Waals surface area contributed by atoms with Crippen molar-refractivity contribution in [3.05, 3.63) is 93.3 Å². The summed E-state index contributed by atoms with van der Waals surface area (Å²) < 4.78 is 26.5. The fraction of sp³-hybridized carbons (Fsp3) is 0.488. The summed E-state index contributed by atoms with van der Waals surface area (Å²) in [5.41, 5.74) is 5.08. The summed E-state index contributed by atoms with van der Waals surface area (Å²) >= 11 is 1.50. The summed E-state index contributed by atoms with van der Waals surface area (Å²) in [4.78, 5) is 40.1. The lowest BCUT2D eigenvalue weighted by molar-refractivity contribution is 0.0342. The zero-order valence-electron chi connectivity index (χ0n) is 32.9. The lowest BCUT2D eigenvalue weighted by atomic mass is 9.91. The molecule has 1 aliphatic carbocycles. The second-order valence-corrected chi connectivity index (χ2v) is 16.8. The summed E-state index contributed by atoms with van der Waals surface area (Å²) in [5.74, 6) is -0.433. The van der Waals surface area contributed by atoms with E-state index in [1.54, 1.807) is 5.38 Å². The number of rotatable bonds is 12. The minimum Gasteiger partial charge on any atom is -0.438 e. The predicted molar refractivity (Wildman–Crippen MR) is 217 cm³/mol. The molecular formula is C43H54FN7O4S. The van der Waals surface area contributed by atoms with Crippen LogP contribution < -0.4 is 20.7 Å². The van der Waals surface area contributed by atoms with Gasteiger partial charge in [-0.3, -0.25) is 19.4 Å². The Morgan fingerprint density at radius 1 is 0.946 bits per heavy atom. The van der Waals surface area contributed by atoms with Gasteiger partial charge >= 0.3 is 0 Å². The van der Waals surface area contributed by atoms with Crippen LogP contribution in [-0.4, -0.2) is 95.1 Å². The zero-order chi connectivity index (χ0) is 39.2. The van der Waals surface area contributed by atoms with E-state index < -0.39 is 11.7 Å². The second kappa shape index (κ2) is 18.3. The van der Waals surface area contributed by atoms with Crippen molar-refractivity contribution in [3.8, 4) is 22.8 Å². The van der Waals surface area contributed by atoms with Gasteiger partial charge in [0.1, 0.15) is 22.8 Å². The Bertz CT molecular complexity index is 1970. The second-order valence-electron chi connectivity index (χ2n) is 15.9. The molecule has 11 nitrogen and oxygen atoms in total. The third-order valence-electron chi connectivity index (χ3n) is 10.8. The van der Waals surface area contributed by atoms with E-state index >= 15 is 0 Å². The van der Waals surface area contributed by atoms with Crippen LogP contribution in [0.4, 0.5) is 4.39 Å². The van der Waals surface area contributed by atoms with Gasteiger partial charge < -0.3 is 25.4 Å². The van der Waals surface area contributed by atoms with Crippen molar-refractivity contribution < 1.29 is 23.5 Å². The number of aromatic nitrogens is 2. The molecule has 2 amide bonds. The number of piperazine rings is 1. The summed E-state index contributed by atoms with van der Waals surface area (Å²) in [7, 11) is 0. The molecular weight excluding hydrogens is 730 g/mol. The molecule has 4 aromatic rings. The highest BCUT2D eigenvalue weighted by Crippen LogP contribution is 2.32. The van der Waals surface area contributed by atoms with E-state index in [-0.39, 0.29) is 35.4 Å². The summed E-state index contributed by atoms with van der Waals surface area (Å²) in [5, 5.41) is 12.5. The highest BCUT2D eigenvalue weighted by atomic mass is 32.1. The molecule has 0 radical (unpaired) electrons. The van der Waals surface area contributed by atoms with Crippen LogP contribution in [0.5, 0.6) is 11.6 Å². The topological polar surface area (TPSA) is 121 Å². The van der Waals surface area contributed by atoms with Gasteiger partial charge in [0.15, 0.2) is 0 Å². The maximum atomic E-state index is 14.6. The fourth-order valence-electron chi connectivity index (χ4n) is 8.06. The van der Waals surface area contributed by atoms with Crippen LogP contribution in [0.25, 0.3) is 11.1 Å². The molecule has 13 heteroatoms. The van der Waals surface area contributed by atoms with Gasteiger partial charge in [-0.2, -0.15) is 0 Å². The summed E-state index contributed by atoms with van der Waals surface area (Å²) in [6, 6.07) is 16.5. The van der Waals surface area contributed by atoms with Crippen molar-refractivity contribution in [3.63, 3.8) is 0 Å². The Balaban J connectivity index is 1.02. The molecule has 0 spiro atoms. The third-order valence-corrected chi connectivity index (χ3v) is 11.9. The van der Waals surface area contributed by atoms with Crippen molar-refractivity contribution >= 4 is 23.2 Å². The number of halogens is 1. The summed E-state index contributed by atoms with van der Waals surface area (Å²) in [6.45, 7) is 15.5. The summed E-state index contributed by atoms with van der Waals surface area (Å²) in [6.07, 6.45) is 3.82. The molecule has 298 valence electrons. The van der Waals surface area contributed by atoms with Crippen LogP contribution in [0.1, 0.15) is 96.3 Å². The van der Waals surface area contributed by atoms with E-state index in [0.29, 0.717) is 49.2 Å². The van der Waals surface area contributed by atoms with E-state index in [0.717, 1.165) is 74.8 Å². The minimum absolute atomic E-state index is 0.00713. The number of carbonyl (C=O) groups excluding carboxylic acids is 2. The molecule has 0 unspecified atom stereocenters. The van der Waals surface area contributed by atoms with Crippen molar-refractivity contribution in [2.75, 3.05) is 39.4 Å². The monoisotopic (exact) mass is 783 g/mol. The first-order valence-corrected chi connectivity index (χ1v) is 20.9. The number of thiazole rings is 1. The molecule has 4 heterocycles. The Morgan fingerprint density at radius 2 is 1.66 bits per heavy atom. The van der Waals surface area contributed by atoms with Crippen molar-refractivity contribution in [2.24, 2.45) is 0 Å². The highest BCUT2D eigenvalue weighted by Gasteiger charge is 2.27. The molecule has 2 aromatic carbocycles. The van der Waals surface area contributed by atoms with Gasteiger partial charge in [-0.1, -0.05) is 44.2 Å². The molecule has 2 saturated heterocycles. The van der Waals surface area contributed by atoms with Crippen LogP contribution in [0.2, 0.25) is 0 Å². The van der Waals surface area contributed by atoms with Gasteiger partial charge in [0, 0.05) is 74.7 Å². The molecule has 3 fully saturated rings. The van der Waals surface area contributed by atoms with Gasteiger partial charge in [0.25, 0.3) is 11.8 Å². The number of ether oxygens (including phenoxy) is 2. The van der Waals surface area contributed by atoms with Gasteiger partial charge in [-0.05, 0) is 80.0 Å². The Hall–Kier alpha value is -4.27. The molecule has 0 bridgehead atoms. The van der Waals surface area contributed by atoms with E-state index in [1.807, 2.05) is 18.2 Å². The van der Waals surface area contributed by atoms with E-state index in [2.05, 4.69) is 87.7 Å².